The van der Waals surface area contributed by atoms with Gasteiger partial charge in [0.25, 0.3) is 0 Å². The summed E-state index contributed by atoms with van der Waals surface area (Å²) in [6, 6.07) is 4.12. The van der Waals surface area contributed by atoms with E-state index < -0.39 is 5.82 Å². The van der Waals surface area contributed by atoms with Crippen LogP contribution in [-0.4, -0.2) is 6.29 Å². The number of carbonyl (C=O) groups is 1. The van der Waals surface area contributed by atoms with Gasteiger partial charge in [0.2, 0.25) is 0 Å². The molecular weight excluding hydrogens is 211 g/mol. The minimum Gasteiger partial charge on any atom is -0.460 e. The number of hydrogen-bond acceptors (Lipinski definition) is 3. The molecule has 1 aromatic heterocycles. The van der Waals surface area contributed by atoms with Crippen LogP contribution >= 0.6 is 0 Å². The maximum atomic E-state index is 13.2. The lowest BCUT2D eigenvalue weighted by Crippen LogP contribution is -2.05. The van der Waals surface area contributed by atoms with Crippen molar-refractivity contribution in [2.45, 2.75) is 0 Å². The van der Waals surface area contributed by atoms with Crippen molar-refractivity contribution in [1.82, 2.24) is 0 Å². The molecule has 80 valence electrons. The summed E-state index contributed by atoms with van der Waals surface area (Å²) in [6.07, 6.45) is 4.18. The quantitative estimate of drug-likeness (QED) is 0.573. The fourth-order valence-electron chi connectivity index (χ4n) is 1.40. The second kappa shape index (κ2) is 4.10. The predicted octanol–water partition coefficient (Wildman–Crippen LogP) is 2.14. The summed E-state index contributed by atoms with van der Waals surface area (Å²) in [5.74, 6) is -0.583. The second-order valence-corrected chi connectivity index (χ2v) is 3.13. The summed E-state index contributed by atoms with van der Waals surface area (Å²) in [6.45, 7) is 0. The number of allylic oxidation sites excluding steroid dienone is 1. The highest BCUT2D eigenvalue weighted by Crippen LogP contribution is 2.15. The molecule has 0 fully saturated rings. The maximum Gasteiger partial charge on any atom is 0.199 e. The first-order chi connectivity index (χ1) is 7.74. The van der Waals surface area contributed by atoms with Gasteiger partial charge in [-0.05, 0) is 24.3 Å². The van der Waals surface area contributed by atoms with E-state index in [1.54, 1.807) is 0 Å². The van der Waals surface area contributed by atoms with Crippen LogP contribution in [-0.2, 0) is 4.79 Å². The van der Waals surface area contributed by atoms with Crippen molar-refractivity contribution in [3.63, 3.8) is 0 Å². The average molecular weight is 218 g/mol. The number of rotatable bonds is 2. The zero-order valence-corrected chi connectivity index (χ0v) is 8.14. The molecule has 0 atom stereocenters. The highest BCUT2D eigenvalue weighted by molar-refractivity contribution is 5.80. The summed E-state index contributed by atoms with van der Waals surface area (Å²) in [4.78, 5) is 21.9. The molecule has 0 radical (unpaired) electrons. The molecule has 0 N–H and O–H groups in total. The average Bonchev–Trinajstić information content (AvgIpc) is 2.29. The van der Waals surface area contributed by atoms with Crippen LogP contribution in [0.4, 0.5) is 4.39 Å². The summed E-state index contributed by atoms with van der Waals surface area (Å²) in [5.41, 5.74) is -0.222. The minimum atomic E-state index is -0.583. The monoisotopic (exact) mass is 218 g/mol. The second-order valence-electron chi connectivity index (χ2n) is 3.13. The molecule has 16 heavy (non-hydrogen) atoms. The number of hydrogen-bond donors (Lipinski definition) is 0. The van der Waals surface area contributed by atoms with Crippen LogP contribution in [0.3, 0.4) is 0 Å². The summed E-state index contributed by atoms with van der Waals surface area (Å²) >= 11 is 0. The normalized spacial score (nSPS) is 11.1. The smallest absolute Gasteiger partial charge is 0.199 e. The van der Waals surface area contributed by atoms with Gasteiger partial charge in [-0.15, -0.1) is 0 Å². The Morgan fingerprint density at radius 2 is 2.12 bits per heavy atom. The molecule has 0 aliphatic heterocycles. The zero-order chi connectivity index (χ0) is 11.5. The molecule has 2 aromatic rings. The standard InChI is InChI=1S/C12H7FO3/c13-10-5-1-4-9-11(15)8(3-2-6-14)7-16-12(9)10/h1-7H/b3-2+. The Kier molecular flexibility index (Phi) is 2.64. The Morgan fingerprint density at radius 1 is 1.31 bits per heavy atom. The van der Waals surface area contributed by atoms with Crippen LogP contribution in [0.15, 0.2) is 39.7 Å². The fourth-order valence-corrected chi connectivity index (χ4v) is 1.40. The first-order valence-electron chi connectivity index (χ1n) is 4.56. The Hall–Kier alpha value is -2.23. The zero-order valence-electron chi connectivity index (χ0n) is 8.14. The lowest BCUT2D eigenvalue weighted by Gasteiger charge is -1.98. The number of carbonyl (C=O) groups excluding carboxylic acids is 1. The first kappa shape index (κ1) is 10.3. The van der Waals surface area contributed by atoms with Crippen molar-refractivity contribution in [1.29, 1.82) is 0 Å². The van der Waals surface area contributed by atoms with Crippen molar-refractivity contribution in [3.05, 3.63) is 52.1 Å². The molecular formula is C12H7FO3. The Morgan fingerprint density at radius 3 is 2.88 bits per heavy atom. The van der Waals surface area contributed by atoms with Crippen LogP contribution in [0.5, 0.6) is 0 Å². The van der Waals surface area contributed by atoms with Gasteiger partial charge in [0, 0.05) is 0 Å². The van der Waals surface area contributed by atoms with Crippen LogP contribution in [0, 0.1) is 5.82 Å². The molecule has 2 rings (SSSR count). The van der Waals surface area contributed by atoms with Gasteiger partial charge in [-0.1, -0.05) is 6.07 Å². The van der Waals surface area contributed by atoms with Gasteiger partial charge in [0.15, 0.2) is 16.8 Å². The van der Waals surface area contributed by atoms with Crippen LogP contribution in [0.1, 0.15) is 5.56 Å². The van der Waals surface area contributed by atoms with E-state index >= 15 is 0 Å². The van der Waals surface area contributed by atoms with E-state index in [9.17, 15) is 14.0 Å². The largest absolute Gasteiger partial charge is 0.460 e. The fraction of sp³-hybridized carbons (Fsp3) is 0. The molecule has 0 unspecified atom stereocenters. The van der Waals surface area contributed by atoms with Crippen LogP contribution in [0.25, 0.3) is 17.0 Å². The third kappa shape index (κ3) is 1.65. The highest BCUT2D eigenvalue weighted by Gasteiger charge is 2.07. The molecule has 0 saturated carbocycles. The molecule has 0 spiro atoms. The molecule has 4 heteroatoms. The van der Waals surface area contributed by atoms with Gasteiger partial charge in [-0.3, -0.25) is 9.59 Å². The molecule has 0 aliphatic rings. The Labute approximate surface area is 89.8 Å². The lowest BCUT2D eigenvalue weighted by molar-refractivity contribution is -0.104. The Balaban J connectivity index is 2.75. The van der Waals surface area contributed by atoms with Gasteiger partial charge < -0.3 is 4.42 Å². The van der Waals surface area contributed by atoms with Gasteiger partial charge in [-0.25, -0.2) is 4.39 Å². The molecule has 0 saturated heterocycles. The van der Waals surface area contributed by atoms with Crippen molar-refractivity contribution in [2.24, 2.45) is 0 Å². The number of halogens is 1. The Bertz CT molecular complexity index is 626. The van der Waals surface area contributed by atoms with E-state index in [1.807, 2.05) is 0 Å². The molecule has 3 nitrogen and oxygen atoms in total. The molecule has 1 aromatic carbocycles. The van der Waals surface area contributed by atoms with Crippen molar-refractivity contribution in [3.8, 4) is 0 Å². The van der Waals surface area contributed by atoms with Gasteiger partial charge in [0.05, 0.1) is 10.9 Å². The first-order valence-corrected chi connectivity index (χ1v) is 4.56. The van der Waals surface area contributed by atoms with Crippen molar-refractivity contribution < 1.29 is 13.6 Å². The van der Waals surface area contributed by atoms with E-state index in [0.717, 1.165) is 6.26 Å². The number of fused-ring (bicyclic) bond motifs is 1. The molecule has 0 aliphatic carbocycles. The van der Waals surface area contributed by atoms with E-state index in [4.69, 9.17) is 4.42 Å². The van der Waals surface area contributed by atoms with Crippen molar-refractivity contribution >= 4 is 23.3 Å². The van der Waals surface area contributed by atoms with E-state index in [2.05, 4.69) is 0 Å². The predicted molar refractivity (Wildman–Crippen MR) is 57.5 cm³/mol. The molecule has 0 bridgehead atoms. The molecule has 1 heterocycles. The highest BCUT2D eigenvalue weighted by atomic mass is 19.1. The minimum absolute atomic E-state index is 0.0734. The van der Waals surface area contributed by atoms with Gasteiger partial charge >= 0.3 is 0 Å². The third-order valence-corrected chi connectivity index (χ3v) is 2.13. The lowest BCUT2D eigenvalue weighted by atomic mass is 10.1. The summed E-state index contributed by atoms with van der Waals surface area (Å²) in [7, 11) is 0. The summed E-state index contributed by atoms with van der Waals surface area (Å²) in [5, 5.41) is 0.160. The number of para-hydroxylation sites is 1. The van der Waals surface area contributed by atoms with Crippen LogP contribution in [0.2, 0.25) is 0 Å². The van der Waals surface area contributed by atoms with Gasteiger partial charge in [0.1, 0.15) is 12.5 Å². The third-order valence-electron chi connectivity index (χ3n) is 2.13. The molecule has 0 amide bonds. The maximum absolute atomic E-state index is 13.2. The number of aldehydes is 1. The van der Waals surface area contributed by atoms with Crippen LogP contribution < -0.4 is 5.43 Å². The van der Waals surface area contributed by atoms with Crippen molar-refractivity contribution in [2.75, 3.05) is 0 Å². The topological polar surface area (TPSA) is 47.3 Å². The number of benzene rings is 1. The van der Waals surface area contributed by atoms with Gasteiger partial charge in [-0.2, -0.15) is 0 Å². The summed E-state index contributed by atoms with van der Waals surface area (Å²) < 4.78 is 18.3. The van der Waals surface area contributed by atoms with E-state index in [0.29, 0.717) is 6.29 Å². The SMILES string of the molecule is O=C/C=C/c1coc2c(F)cccc2c1=O. The van der Waals surface area contributed by atoms with E-state index in [-0.39, 0.29) is 22.0 Å². The van der Waals surface area contributed by atoms with E-state index in [1.165, 1.54) is 30.4 Å².